The van der Waals surface area contributed by atoms with Gasteiger partial charge in [-0.1, -0.05) is 0 Å². The number of likely N-dealkylation sites (tertiary alicyclic amines) is 1. The van der Waals surface area contributed by atoms with E-state index in [0.717, 1.165) is 57.9 Å². The molecule has 1 heterocycles. The summed E-state index contributed by atoms with van der Waals surface area (Å²) in [6, 6.07) is 0. The molecule has 0 spiro atoms. The number of rotatable bonds is 7. The molecule has 0 aromatic rings. The number of nitrogens with one attached hydrogen (secondary N) is 2. The molecular formula is C18H38IN5O2. The lowest BCUT2D eigenvalue weighted by atomic mass is 10.1. The van der Waals surface area contributed by atoms with Gasteiger partial charge in [0.1, 0.15) is 0 Å². The van der Waals surface area contributed by atoms with Gasteiger partial charge in [0.15, 0.2) is 5.96 Å². The third-order valence-electron chi connectivity index (χ3n) is 4.04. The van der Waals surface area contributed by atoms with Crippen LogP contribution in [0.25, 0.3) is 0 Å². The molecule has 1 fully saturated rings. The highest BCUT2D eigenvalue weighted by molar-refractivity contribution is 14.0. The Labute approximate surface area is 176 Å². The zero-order valence-corrected chi connectivity index (χ0v) is 19.4. The van der Waals surface area contributed by atoms with Gasteiger partial charge in [0, 0.05) is 38.8 Å². The van der Waals surface area contributed by atoms with Gasteiger partial charge >= 0.3 is 0 Å². The number of aliphatic hydroxyl groups is 1. The molecule has 0 aliphatic carbocycles. The van der Waals surface area contributed by atoms with Crippen molar-refractivity contribution in [1.82, 2.24) is 20.4 Å². The highest BCUT2D eigenvalue weighted by Crippen LogP contribution is 2.09. The van der Waals surface area contributed by atoms with Crippen molar-refractivity contribution < 1.29 is 9.90 Å². The van der Waals surface area contributed by atoms with Gasteiger partial charge < -0.3 is 25.5 Å². The molecule has 0 aromatic heterocycles. The van der Waals surface area contributed by atoms with E-state index in [1.165, 1.54) is 0 Å². The minimum atomic E-state index is -0.227. The van der Waals surface area contributed by atoms with Crippen LogP contribution in [0.15, 0.2) is 4.99 Å². The van der Waals surface area contributed by atoms with Crippen LogP contribution in [0, 0.1) is 0 Å². The van der Waals surface area contributed by atoms with Crippen LogP contribution >= 0.6 is 24.0 Å². The van der Waals surface area contributed by atoms with E-state index >= 15 is 0 Å². The lowest BCUT2D eigenvalue weighted by Crippen LogP contribution is -2.48. The van der Waals surface area contributed by atoms with Crippen LogP contribution in [0.3, 0.4) is 0 Å². The van der Waals surface area contributed by atoms with Gasteiger partial charge in [-0.3, -0.25) is 9.79 Å². The number of guanidine groups is 1. The van der Waals surface area contributed by atoms with E-state index in [-0.39, 0.29) is 48.1 Å². The number of hydrogen-bond acceptors (Lipinski definition) is 4. The van der Waals surface area contributed by atoms with Gasteiger partial charge in [0.25, 0.3) is 0 Å². The summed E-state index contributed by atoms with van der Waals surface area (Å²) < 4.78 is 0. The van der Waals surface area contributed by atoms with Crippen molar-refractivity contribution in [3.05, 3.63) is 0 Å². The second kappa shape index (κ2) is 12.7. The Kier molecular flexibility index (Phi) is 12.4. The van der Waals surface area contributed by atoms with Crippen molar-refractivity contribution in [3.63, 3.8) is 0 Å². The standard InChI is InChI=1S/C18H37N5O2.HI/c1-6-19-17(22(5)14-16(25)21-18(2,3)4)20-10-7-11-23-12-8-15(24)9-13-23;/h15,24H,6-14H2,1-5H3,(H,19,20)(H,21,25);1H. The van der Waals surface area contributed by atoms with Gasteiger partial charge in [-0.2, -0.15) is 0 Å². The molecule has 0 atom stereocenters. The predicted molar refractivity (Wildman–Crippen MR) is 118 cm³/mol. The minimum Gasteiger partial charge on any atom is -0.393 e. The molecule has 0 aromatic carbocycles. The fourth-order valence-corrected chi connectivity index (χ4v) is 2.84. The average Bonchev–Trinajstić information content (AvgIpc) is 2.50. The third kappa shape index (κ3) is 11.2. The van der Waals surface area contributed by atoms with Crippen LogP contribution in [0.1, 0.15) is 47.0 Å². The van der Waals surface area contributed by atoms with Crippen molar-refractivity contribution in [2.45, 2.75) is 58.6 Å². The fourth-order valence-electron chi connectivity index (χ4n) is 2.84. The van der Waals surface area contributed by atoms with E-state index in [0.29, 0.717) is 0 Å². The Bertz CT molecular complexity index is 432. The molecule has 7 nitrogen and oxygen atoms in total. The molecular weight excluding hydrogens is 445 g/mol. The summed E-state index contributed by atoms with van der Waals surface area (Å²) in [7, 11) is 1.88. The zero-order chi connectivity index (χ0) is 18.9. The molecule has 0 radical (unpaired) electrons. The van der Waals surface area contributed by atoms with Crippen molar-refractivity contribution in [3.8, 4) is 0 Å². The van der Waals surface area contributed by atoms with Crippen LogP contribution < -0.4 is 10.6 Å². The molecule has 3 N–H and O–H groups in total. The lowest BCUT2D eigenvalue weighted by Gasteiger charge is -2.29. The second-order valence-electron chi connectivity index (χ2n) is 7.82. The maximum absolute atomic E-state index is 12.1. The quantitative estimate of drug-likeness (QED) is 0.220. The average molecular weight is 483 g/mol. The van der Waals surface area contributed by atoms with Crippen molar-refractivity contribution in [2.24, 2.45) is 4.99 Å². The number of aliphatic imine (C=N–C) groups is 1. The third-order valence-corrected chi connectivity index (χ3v) is 4.04. The van der Waals surface area contributed by atoms with Crippen LogP contribution in [0.2, 0.25) is 0 Å². The summed E-state index contributed by atoms with van der Waals surface area (Å²) in [5.41, 5.74) is -0.227. The van der Waals surface area contributed by atoms with Gasteiger partial charge in [0.2, 0.25) is 5.91 Å². The molecule has 1 rings (SSSR count). The molecule has 1 aliphatic heterocycles. The Morgan fingerprint density at radius 2 is 1.92 bits per heavy atom. The summed E-state index contributed by atoms with van der Waals surface area (Å²) >= 11 is 0. The Balaban J connectivity index is 0.00000625. The smallest absolute Gasteiger partial charge is 0.240 e. The zero-order valence-electron chi connectivity index (χ0n) is 17.0. The summed E-state index contributed by atoms with van der Waals surface area (Å²) in [5.74, 6) is 0.758. The first-order chi connectivity index (χ1) is 11.7. The van der Waals surface area contributed by atoms with E-state index < -0.39 is 0 Å². The number of likely N-dealkylation sites (N-methyl/N-ethyl adjacent to an activating group) is 1. The molecule has 8 heteroatoms. The molecule has 26 heavy (non-hydrogen) atoms. The number of amides is 1. The van der Waals surface area contributed by atoms with Crippen molar-refractivity contribution in [1.29, 1.82) is 0 Å². The molecule has 1 aliphatic rings. The van der Waals surface area contributed by atoms with E-state index in [4.69, 9.17) is 0 Å². The van der Waals surface area contributed by atoms with Gasteiger partial charge in [0.05, 0.1) is 12.6 Å². The molecule has 0 unspecified atom stereocenters. The summed E-state index contributed by atoms with van der Waals surface area (Å²) in [6.45, 7) is 12.7. The van der Waals surface area contributed by atoms with Crippen molar-refractivity contribution >= 4 is 35.8 Å². The Morgan fingerprint density at radius 3 is 2.46 bits per heavy atom. The number of carbonyl (C=O) groups is 1. The van der Waals surface area contributed by atoms with Gasteiger partial charge in [-0.05, 0) is 53.5 Å². The lowest BCUT2D eigenvalue weighted by molar-refractivity contribution is -0.122. The maximum atomic E-state index is 12.1. The van der Waals surface area contributed by atoms with E-state index in [2.05, 4.69) is 20.5 Å². The number of hydrogen-bond donors (Lipinski definition) is 3. The first-order valence-corrected chi connectivity index (χ1v) is 9.42. The highest BCUT2D eigenvalue weighted by Gasteiger charge is 2.17. The predicted octanol–water partition coefficient (Wildman–Crippen LogP) is 1.26. The van der Waals surface area contributed by atoms with Gasteiger partial charge in [-0.15, -0.1) is 24.0 Å². The van der Waals surface area contributed by atoms with Crippen LogP contribution in [0.5, 0.6) is 0 Å². The maximum Gasteiger partial charge on any atom is 0.240 e. The monoisotopic (exact) mass is 483 g/mol. The second-order valence-corrected chi connectivity index (χ2v) is 7.82. The fraction of sp³-hybridized carbons (Fsp3) is 0.889. The normalized spacial score (nSPS) is 16.8. The van der Waals surface area contributed by atoms with Crippen LogP contribution in [-0.2, 0) is 4.79 Å². The summed E-state index contributed by atoms with van der Waals surface area (Å²) in [4.78, 5) is 21.0. The summed E-state index contributed by atoms with van der Waals surface area (Å²) in [5, 5.41) is 15.8. The van der Waals surface area contributed by atoms with E-state index in [9.17, 15) is 9.90 Å². The van der Waals surface area contributed by atoms with Crippen LogP contribution in [-0.4, -0.2) is 84.7 Å². The number of aliphatic hydroxyl groups excluding tert-OH is 1. The Hall–Kier alpha value is -0.610. The highest BCUT2D eigenvalue weighted by atomic mass is 127. The minimum absolute atomic E-state index is 0. The molecule has 0 bridgehead atoms. The number of carbonyl (C=O) groups excluding carboxylic acids is 1. The molecule has 1 amide bonds. The van der Waals surface area contributed by atoms with E-state index in [1.54, 1.807) is 0 Å². The van der Waals surface area contributed by atoms with E-state index in [1.807, 2.05) is 39.6 Å². The van der Waals surface area contributed by atoms with Crippen LogP contribution in [0.4, 0.5) is 0 Å². The van der Waals surface area contributed by atoms with Crippen molar-refractivity contribution in [2.75, 3.05) is 46.3 Å². The SMILES string of the molecule is CCNC(=NCCCN1CCC(O)CC1)N(C)CC(=O)NC(C)(C)C.I. The topological polar surface area (TPSA) is 80.2 Å². The molecule has 0 saturated carbocycles. The summed E-state index contributed by atoms with van der Waals surface area (Å²) in [6.07, 6.45) is 2.60. The van der Waals surface area contributed by atoms with Gasteiger partial charge in [-0.25, -0.2) is 0 Å². The largest absolute Gasteiger partial charge is 0.393 e. The first-order valence-electron chi connectivity index (χ1n) is 9.42. The first kappa shape index (κ1) is 25.4. The number of halogens is 1. The number of piperidine rings is 1. The molecule has 1 saturated heterocycles. The number of nitrogens with zero attached hydrogens (tertiary/aromatic N) is 3. The Morgan fingerprint density at radius 1 is 1.31 bits per heavy atom. The molecule has 154 valence electrons.